The van der Waals surface area contributed by atoms with Crippen LogP contribution in [0.25, 0.3) is 0 Å². The molecule has 1 N–H and O–H groups in total. The Bertz CT molecular complexity index is 390. The number of nitrogens with zero attached hydrogens (tertiary/aromatic N) is 1. The van der Waals surface area contributed by atoms with Crippen LogP contribution >= 0.6 is 11.3 Å². The van der Waals surface area contributed by atoms with E-state index in [1.807, 2.05) is 0 Å². The number of nitrogens with one attached hydrogen (secondary N) is 1. The van der Waals surface area contributed by atoms with Gasteiger partial charge in [-0.2, -0.15) is 0 Å². The van der Waals surface area contributed by atoms with E-state index in [1.54, 1.807) is 11.3 Å². The summed E-state index contributed by atoms with van der Waals surface area (Å²) in [5, 5.41) is 4.57. The largest absolute Gasteiger partial charge is 0.358 e. The molecule has 0 aliphatic carbocycles. The van der Waals surface area contributed by atoms with Crippen molar-refractivity contribution in [2.45, 2.75) is 65.3 Å². The lowest BCUT2D eigenvalue weighted by molar-refractivity contribution is -0.105. The van der Waals surface area contributed by atoms with Gasteiger partial charge in [0.05, 0.1) is 16.2 Å². The molecule has 2 heterocycles. The highest BCUT2D eigenvalue weighted by atomic mass is 32.1. The molecule has 0 unspecified atom stereocenters. The molecule has 0 bridgehead atoms. The lowest BCUT2D eigenvalue weighted by Gasteiger charge is -2.24. The second kappa shape index (κ2) is 4.04. The summed E-state index contributed by atoms with van der Waals surface area (Å²) in [4.78, 5) is 6.02. The molecule has 17 heavy (non-hydrogen) atoms. The number of fused-ring (bicyclic) bond motifs is 1. The molecule has 0 atom stereocenters. The van der Waals surface area contributed by atoms with Crippen LogP contribution in [0.4, 0.5) is 0 Å². The summed E-state index contributed by atoms with van der Waals surface area (Å²) in [5.41, 5.74) is 0.658. The SMILES string of the molecule is CC(C)NCc1nc2c(s1)C(C)(C)OC2(C)C. The monoisotopic (exact) mass is 254 g/mol. The Kier molecular flexibility index (Phi) is 3.09. The Labute approximate surface area is 108 Å². The molecular weight excluding hydrogens is 232 g/mol. The van der Waals surface area contributed by atoms with Gasteiger partial charge in [0.15, 0.2) is 0 Å². The maximum atomic E-state index is 6.05. The van der Waals surface area contributed by atoms with Crippen molar-refractivity contribution >= 4 is 11.3 Å². The number of ether oxygens (including phenoxy) is 1. The van der Waals surface area contributed by atoms with Gasteiger partial charge < -0.3 is 10.1 Å². The first kappa shape index (κ1) is 13.0. The zero-order valence-corrected chi connectivity index (χ0v) is 12.4. The fourth-order valence-corrected chi connectivity index (χ4v) is 3.48. The Morgan fingerprint density at radius 3 is 2.41 bits per heavy atom. The van der Waals surface area contributed by atoms with Crippen LogP contribution < -0.4 is 5.32 Å². The van der Waals surface area contributed by atoms with Gasteiger partial charge in [0.1, 0.15) is 10.6 Å². The molecule has 0 radical (unpaired) electrons. The lowest BCUT2D eigenvalue weighted by Crippen LogP contribution is -2.24. The predicted octanol–water partition coefficient (Wildman–Crippen LogP) is 3.14. The molecule has 1 aliphatic rings. The second-order valence-electron chi connectivity index (χ2n) is 5.94. The van der Waals surface area contributed by atoms with E-state index in [2.05, 4.69) is 46.9 Å². The Hall–Kier alpha value is -0.450. The van der Waals surface area contributed by atoms with Crippen molar-refractivity contribution in [3.63, 3.8) is 0 Å². The highest BCUT2D eigenvalue weighted by molar-refractivity contribution is 7.12. The van der Waals surface area contributed by atoms with E-state index in [-0.39, 0.29) is 11.2 Å². The number of rotatable bonds is 3. The molecule has 3 nitrogen and oxygen atoms in total. The average Bonchev–Trinajstić information content (AvgIpc) is 2.63. The first-order valence-electron chi connectivity index (χ1n) is 6.16. The van der Waals surface area contributed by atoms with E-state index in [1.165, 1.54) is 4.88 Å². The van der Waals surface area contributed by atoms with E-state index >= 15 is 0 Å². The molecule has 0 fully saturated rings. The van der Waals surface area contributed by atoms with Crippen molar-refractivity contribution in [2.24, 2.45) is 0 Å². The topological polar surface area (TPSA) is 34.2 Å². The van der Waals surface area contributed by atoms with Gasteiger partial charge in [-0.1, -0.05) is 13.8 Å². The van der Waals surface area contributed by atoms with Crippen LogP contribution in [-0.4, -0.2) is 11.0 Å². The average molecular weight is 254 g/mol. The zero-order chi connectivity index (χ0) is 12.8. The summed E-state index contributed by atoms with van der Waals surface area (Å²) < 4.78 is 6.05. The van der Waals surface area contributed by atoms with Gasteiger partial charge in [-0.05, 0) is 27.7 Å². The predicted molar refractivity (Wildman–Crippen MR) is 71.2 cm³/mol. The summed E-state index contributed by atoms with van der Waals surface area (Å²) in [5.74, 6) is 0. The maximum Gasteiger partial charge on any atom is 0.107 e. The third kappa shape index (κ3) is 2.39. The molecule has 0 aromatic carbocycles. The molecule has 0 amide bonds. The van der Waals surface area contributed by atoms with E-state index in [0.717, 1.165) is 17.2 Å². The first-order chi connectivity index (χ1) is 7.72. The van der Waals surface area contributed by atoms with Crippen LogP contribution in [0.3, 0.4) is 0 Å². The number of hydrogen-bond donors (Lipinski definition) is 1. The van der Waals surface area contributed by atoms with Crippen molar-refractivity contribution in [1.82, 2.24) is 10.3 Å². The van der Waals surface area contributed by atoms with Crippen molar-refractivity contribution in [3.05, 3.63) is 15.6 Å². The minimum atomic E-state index is -0.259. The van der Waals surface area contributed by atoms with Crippen LogP contribution in [0, 0.1) is 0 Å². The third-order valence-corrected chi connectivity index (χ3v) is 4.32. The van der Waals surface area contributed by atoms with Gasteiger partial charge in [0, 0.05) is 12.6 Å². The Morgan fingerprint density at radius 1 is 1.24 bits per heavy atom. The van der Waals surface area contributed by atoms with Gasteiger partial charge in [0.2, 0.25) is 0 Å². The lowest BCUT2D eigenvalue weighted by atomic mass is 10.0. The molecule has 0 saturated heterocycles. The van der Waals surface area contributed by atoms with Gasteiger partial charge in [-0.15, -0.1) is 11.3 Å². The fraction of sp³-hybridized carbons (Fsp3) is 0.769. The molecule has 1 aromatic rings. The van der Waals surface area contributed by atoms with Gasteiger partial charge in [0.25, 0.3) is 0 Å². The second-order valence-corrected chi connectivity index (χ2v) is 7.03. The van der Waals surface area contributed by atoms with Gasteiger partial charge in [-0.3, -0.25) is 0 Å². The summed E-state index contributed by atoms with van der Waals surface area (Å²) in [6.07, 6.45) is 0. The minimum Gasteiger partial charge on any atom is -0.358 e. The van der Waals surface area contributed by atoms with Gasteiger partial charge in [-0.25, -0.2) is 4.98 Å². The minimum absolute atomic E-state index is 0.202. The third-order valence-electron chi connectivity index (χ3n) is 2.96. The summed E-state index contributed by atoms with van der Waals surface area (Å²) in [6.45, 7) is 13.6. The smallest absolute Gasteiger partial charge is 0.107 e. The zero-order valence-electron chi connectivity index (χ0n) is 11.5. The summed E-state index contributed by atoms with van der Waals surface area (Å²) in [7, 11) is 0. The normalized spacial score (nSPS) is 20.9. The molecule has 2 rings (SSSR count). The molecule has 4 heteroatoms. The molecule has 1 aromatic heterocycles. The summed E-state index contributed by atoms with van der Waals surface area (Å²) >= 11 is 1.77. The van der Waals surface area contributed by atoms with Crippen LogP contribution in [-0.2, 0) is 22.5 Å². The van der Waals surface area contributed by atoms with E-state index in [9.17, 15) is 0 Å². The van der Waals surface area contributed by atoms with E-state index in [0.29, 0.717) is 6.04 Å². The highest BCUT2D eigenvalue weighted by Crippen LogP contribution is 2.48. The molecule has 0 spiro atoms. The maximum absolute atomic E-state index is 6.05. The van der Waals surface area contributed by atoms with Crippen LogP contribution in [0.15, 0.2) is 0 Å². The summed E-state index contributed by atoms with van der Waals surface area (Å²) in [6, 6.07) is 0.492. The van der Waals surface area contributed by atoms with Crippen molar-refractivity contribution < 1.29 is 4.74 Å². The Morgan fingerprint density at radius 2 is 1.88 bits per heavy atom. The van der Waals surface area contributed by atoms with E-state index in [4.69, 9.17) is 9.72 Å². The highest BCUT2D eigenvalue weighted by Gasteiger charge is 2.46. The molecule has 96 valence electrons. The number of aromatic nitrogens is 1. The number of thiazole rings is 1. The molecule has 1 aliphatic heterocycles. The standard InChI is InChI=1S/C13H22N2OS/c1-8(2)14-7-9-15-10-11(17-9)13(5,6)16-12(10,3)4/h8,14H,7H2,1-6H3. The van der Waals surface area contributed by atoms with Gasteiger partial charge >= 0.3 is 0 Å². The van der Waals surface area contributed by atoms with E-state index < -0.39 is 0 Å². The van der Waals surface area contributed by atoms with Crippen molar-refractivity contribution in [3.8, 4) is 0 Å². The van der Waals surface area contributed by atoms with Crippen LogP contribution in [0.2, 0.25) is 0 Å². The number of hydrogen-bond acceptors (Lipinski definition) is 4. The molecule has 0 saturated carbocycles. The fourth-order valence-electron chi connectivity index (χ4n) is 2.28. The first-order valence-corrected chi connectivity index (χ1v) is 6.98. The van der Waals surface area contributed by atoms with Crippen LogP contribution in [0.1, 0.15) is 57.1 Å². The van der Waals surface area contributed by atoms with Crippen LogP contribution in [0.5, 0.6) is 0 Å². The van der Waals surface area contributed by atoms with Crippen molar-refractivity contribution in [1.29, 1.82) is 0 Å². The molecular formula is C13H22N2OS. The van der Waals surface area contributed by atoms with Crippen molar-refractivity contribution in [2.75, 3.05) is 0 Å². The Balaban J connectivity index is 2.27. The quantitative estimate of drug-likeness (QED) is 0.900.